The predicted molar refractivity (Wildman–Crippen MR) is 79.3 cm³/mol. The molecule has 1 aliphatic heterocycles. The molecule has 1 aromatic rings. The van der Waals surface area contributed by atoms with E-state index >= 15 is 0 Å². The summed E-state index contributed by atoms with van der Waals surface area (Å²) in [4.78, 5) is 2.42. The Balaban J connectivity index is 2.01. The summed E-state index contributed by atoms with van der Waals surface area (Å²) in [6.45, 7) is 7.88. The molecule has 1 aliphatic rings. The third-order valence-electron chi connectivity index (χ3n) is 3.99. The maximum Gasteiger partial charge on any atom is 0.244 e. The standard InChI is InChI=1S/C13H24N4O3S/c1-9(2)17-5-4-11(7-17)6-14-21(19,20)13-10(3)15-16-12(13)8-18/h9,11,14,18H,4-8H2,1-3H3,(H,15,16). The number of aryl methyl sites for hydroxylation is 1. The van der Waals surface area contributed by atoms with E-state index in [2.05, 4.69) is 33.7 Å². The van der Waals surface area contributed by atoms with Crippen molar-refractivity contribution in [3.05, 3.63) is 11.4 Å². The highest BCUT2D eigenvalue weighted by Crippen LogP contribution is 2.20. The van der Waals surface area contributed by atoms with Crippen LogP contribution in [-0.2, 0) is 16.6 Å². The van der Waals surface area contributed by atoms with Gasteiger partial charge in [-0.25, -0.2) is 13.1 Å². The van der Waals surface area contributed by atoms with Gasteiger partial charge in [-0.2, -0.15) is 5.10 Å². The first kappa shape index (κ1) is 16.4. The molecule has 1 fully saturated rings. The quantitative estimate of drug-likeness (QED) is 0.697. The maximum atomic E-state index is 12.4. The SMILES string of the molecule is Cc1[nH]nc(CO)c1S(=O)(=O)NCC1CCN(C(C)C)C1. The van der Waals surface area contributed by atoms with E-state index in [0.29, 0.717) is 24.2 Å². The van der Waals surface area contributed by atoms with E-state index in [9.17, 15) is 13.5 Å². The summed E-state index contributed by atoms with van der Waals surface area (Å²) >= 11 is 0. The van der Waals surface area contributed by atoms with Crippen LogP contribution in [0.4, 0.5) is 0 Å². The molecule has 2 rings (SSSR count). The molecule has 1 aromatic heterocycles. The third-order valence-corrected chi connectivity index (χ3v) is 5.62. The van der Waals surface area contributed by atoms with Crippen LogP contribution in [0.25, 0.3) is 0 Å². The average molecular weight is 316 g/mol. The second kappa shape index (κ2) is 6.43. The number of hydrogen-bond acceptors (Lipinski definition) is 5. The molecule has 3 N–H and O–H groups in total. The fraction of sp³-hybridized carbons (Fsp3) is 0.769. The second-order valence-electron chi connectivity index (χ2n) is 5.88. The van der Waals surface area contributed by atoms with Gasteiger partial charge in [-0.05, 0) is 39.7 Å². The summed E-state index contributed by atoms with van der Waals surface area (Å²) in [5.41, 5.74) is 0.608. The second-order valence-corrected chi connectivity index (χ2v) is 7.58. The van der Waals surface area contributed by atoms with Crippen molar-refractivity contribution >= 4 is 10.0 Å². The lowest BCUT2D eigenvalue weighted by molar-refractivity contribution is 0.265. The molecule has 1 atom stereocenters. The number of rotatable bonds is 6. The topological polar surface area (TPSA) is 98.3 Å². The molecule has 0 aromatic carbocycles. The van der Waals surface area contributed by atoms with Crippen molar-refractivity contribution in [2.24, 2.45) is 5.92 Å². The molecule has 21 heavy (non-hydrogen) atoms. The van der Waals surface area contributed by atoms with Gasteiger partial charge in [-0.3, -0.25) is 5.10 Å². The fourth-order valence-corrected chi connectivity index (χ4v) is 4.20. The maximum absolute atomic E-state index is 12.4. The zero-order valence-corrected chi connectivity index (χ0v) is 13.6. The summed E-state index contributed by atoms with van der Waals surface area (Å²) in [5, 5.41) is 15.6. The number of H-pyrrole nitrogens is 1. The number of aromatic amines is 1. The number of likely N-dealkylation sites (tertiary alicyclic amines) is 1. The smallest absolute Gasteiger partial charge is 0.244 e. The Kier molecular flexibility index (Phi) is 5.03. The summed E-state index contributed by atoms with van der Waals surface area (Å²) in [5.74, 6) is 0.326. The molecule has 120 valence electrons. The molecule has 0 saturated carbocycles. The van der Waals surface area contributed by atoms with Crippen molar-refractivity contribution in [1.82, 2.24) is 19.8 Å². The van der Waals surface area contributed by atoms with E-state index in [1.54, 1.807) is 6.92 Å². The van der Waals surface area contributed by atoms with Gasteiger partial charge >= 0.3 is 0 Å². The van der Waals surface area contributed by atoms with Crippen molar-refractivity contribution in [2.45, 2.75) is 44.7 Å². The highest BCUT2D eigenvalue weighted by atomic mass is 32.2. The monoisotopic (exact) mass is 316 g/mol. The lowest BCUT2D eigenvalue weighted by Gasteiger charge is -2.20. The van der Waals surface area contributed by atoms with E-state index in [0.717, 1.165) is 19.5 Å². The van der Waals surface area contributed by atoms with E-state index < -0.39 is 16.6 Å². The van der Waals surface area contributed by atoms with Gasteiger partial charge in [0.05, 0.1) is 12.3 Å². The molecule has 0 radical (unpaired) electrons. The largest absolute Gasteiger partial charge is 0.390 e. The van der Waals surface area contributed by atoms with Crippen LogP contribution in [0.15, 0.2) is 4.90 Å². The first-order chi connectivity index (χ1) is 9.85. The third kappa shape index (κ3) is 3.63. The highest BCUT2D eigenvalue weighted by Gasteiger charge is 2.28. The van der Waals surface area contributed by atoms with E-state index in [4.69, 9.17) is 0 Å². The number of nitrogens with zero attached hydrogens (tertiary/aromatic N) is 2. The molecule has 2 heterocycles. The minimum Gasteiger partial charge on any atom is -0.390 e. The van der Waals surface area contributed by atoms with Gasteiger partial charge in [0.15, 0.2) is 0 Å². The van der Waals surface area contributed by atoms with Crippen molar-refractivity contribution in [3.8, 4) is 0 Å². The Morgan fingerprint density at radius 1 is 1.52 bits per heavy atom. The summed E-state index contributed by atoms with van der Waals surface area (Å²) < 4.78 is 27.4. The van der Waals surface area contributed by atoms with Crippen LogP contribution in [-0.4, -0.2) is 54.3 Å². The van der Waals surface area contributed by atoms with Gasteiger partial charge in [-0.1, -0.05) is 0 Å². The number of aliphatic hydroxyl groups is 1. The minimum absolute atomic E-state index is 0.0729. The molecular formula is C13H24N4O3S. The van der Waals surface area contributed by atoms with Gasteiger partial charge < -0.3 is 10.0 Å². The van der Waals surface area contributed by atoms with Crippen LogP contribution in [0, 0.1) is 12.8 Å². The Morgan fingerprint density at radius 2 is 2.24 bits per heavy atom. The van der Waals surface area contributed by atoms with Gasteiger partial charge in [0.2, 0.25) is 10.0 Å². The van der Waals surface area contributed by atoms with Crippen LogP contribution in [0.3, 0.4) is 0 Å². The fourth-order valence-electron chi connectivity index (χ4n) is 2.73. The molecule has 7 nitrogen and oxygen atoms in total. The Hall–Kier alpha value is -0.960. The van der Waals surface area contributed by atoms with Gasteiger partial charge in [0.25, 0.3) is 0 Å². The van der Waals surface area contributed by atoms with E-state index in [-0.39, 0.29) is 10.6 Å². The minimum atomic E-state index is -3.64. The van der Waals surface area contributed by atoms with E-state index in [1.807, 2.05) is 0 Å². The lowest BCUT2D eigenvalue weighted by Crippen LogP contribution is -2.33. The summed E-state index contributed by atoms with van der Waals surface area (Å²) in [6, 6.07) is 0.490. The number of aliphatic hydroxyl groups excluding tert-OH is 1. The zero-order chi connectivity index (χ0) is 15.6. The number of aromatic nitrogens is 2. The Morgan fingerprint density at radius 3 is 2.81 bits per heavy atom. The normalized spacial score (nSPS) is 20.5. The molecule has 0 amide bonds. The van der Waals surface area contributed by atoms with Crippen molar-refractivity contribution in [1.29, 1.82) is 0 Å². The molecule has 1 unspecified atom stereocenters. The molecule has 8 heteroatoms. The summed E-state index contributed by atoms with van der Waals surface area (Å²) in [7, 11) is -3.64. The van der Waals surface area contributed by atoms with E-state index in [1.165, 1.54) is 0 Å². The van der Waals surface area contributed by atoms with Crippen LogP contribution in [0.5, 0.6) is 0 Å². The molecular weight excluding hydrogens is 292 g/mol. The number of hydrogen-bond donors (Lipinski definition) is 3. The Labute approximate surface area is 125 Å². The molecule has 1 saturated heterocycles. The average Bonchev–Trinajstić information content (AvgIpc) is 3.03. The van der Waals surface area contributed by atoms with Crippen LogP contribution in [0.1, 0.15) is 31.7 Å². The predicted octanol–water partition coefficient (Wildman–Crippen LogP) is 0.219. The van der Waals surface area contributed by atoms with Crippen molar-refractivity contribution < 1.29 is 13.5 Å². The van der Waals surface area contributed by atoms with Crippen LogP contribution < -0.4 is 4.72 Å². The lowest BCUT2D eigenvalue weighted by atomic mass is 10.1. The van der Waals surface area contributed by atoms with Gasteiger partial charge in [0, 0.05) is 19.1 Å². The molecule has 0 aliphatic carbocycles. The van der Waals surface area contributed by atoms with Crippen molar-refractivity contribution in [2.75, 3.05) is 19.6 Å². The van der Waals surface area contributed by atoms with Crippen molar-refractivity contribution in [3.63, 3.8) is 0 Å². The number of sulfonamides is 1. The first-order valence-electron chi connectivity index (χ1n) is 7.23. The Bertz CT molecular complexity index is 582. The molecule has 0 bridgehead atoms. The first-order valence-corrected chi connectivity index (χ1v) is 8.72. The van der Waals surface area contributed by atoms with Crippen LogP contribution in [0.2, 0.25) is 0 Å². The van der Waals surface area contributed by atoms with Crippen LogP contribution >= 0.6 is 0 Å². The van der Waals surface area contributed by atoms with Gasteiger partial charge in [-0.15, -0.1) is 0 Å². The zero-order valence-electron chi connectivity index (χ0n) is 12.8. The number of nitrogens with one attached hydrogen (secondary N) is 2. The highest BCUT2D eigenvalue weighted by molar-refractivity contribution is 7.89. The summed E-state index contributed by atoms with van der Waals surface area (Å²) in [6.07, 6.45) is 0.998. The molecule has 0 spiro atoms. The van der Waals surface area contributed by atoms with Gasteiger partial charge in [0.1, 0.15) is 10.6 Å².